The van der Waals surface area contributed by atoms with Crippen molar-refractivity contribution in [1.29, 1.82) is 0 Å². The lowest BCUT2D eigenvalue weighted by atomic mass is 10.2. The molecule has 0 fully saturated rings. The molecule has 0 aliphatic carbocycles. The summed E-state index contributed by atoms with van der Waals surface area (Å²) < 4.78 is 0. The topological polar surface area (TPSA) is 26.0 Å². The first kappa shape index (κ1) is 11.5. The van der Waals surface area contributed by atoms with Gasteiger partial charge in [0.2, 0.25) is 0 Å². The van der Waals surface area contributed by atoms with Gasteiger partial charge in [0.25, 0.3) is 0 Å². The molecule has 56 valence electrons. The molecule has 1 nitrogen and oxygen atoms in total. The van der Waals surface area contributed by atoms with E-state index in [4.69, 9.17) is 0 Å². The maximum Gasteiger partial charge on any atom is -0.0195 e. The van der Waals surface area contributed by atoms with Crippen LogP contribution in [0.5, 0.6) is 0 Å². The molecular weight excluding hydrogens is 110 g/mol. The second-order valence-corrected chi connectivity index (χ2v) is 1.81. The van der Waals surface area contributed by atoms with Gasteiger partial charge < -0.3 is 5.73 Å². The van der Waals surface area contributed by atoms with E-state index in [9.17, 15) is 0 Å². The first-order chi connectivity index (χ1) is 4.31. The molecule has 0 rings (SSSR count). The fourth-order valence-electron chi connectivity index (χ4n) is 0.493. The minimum Gasteiger partial charge on any atom is -0.333 e. The van der Waals surface area contributed by atoms with Crippen molar-refractivity contribution < 1.29 is 0 Å². The maximum atomic E-state index is 4.50. The molecule has 0 aliphatic rings. The summed E-state index contributed by atoms with van der Waals surface area (Å²) in [4.78, 5) is 0. The number of hydrogen-bond donors (Lipinski definition) is 1. The van der Waals surface area contributed by atoms with Crippen molar-refractivity contribution in [3.63, 3.8) is 0 Å². The quantitative estimate of drug-likeness (QED) is 0.569. The Bertz CT molecular complexity index is 65.0. The fraction of sp³-hybridized carbons (Fsp3) is 0.750. The molecular formula is C8H19N. The predicted octanol–water partition coefficient (Wildman–Crippen LogP) is 2.33. The first-order valence-electron chi connectivity index (χ1n) is 3.54. The molecule has 0 aromatic carbocycles. The molecule has 9 heavy (non-hydrogen) atoms. The van der Waals surface area contributed by atoms with Gasteiger partial charge in [-0.1, -0.05) is 25.5 Å². The van der Waals surface area contributed by atoms with Gasteiger partial charge in [-0.15, -0.1) is 0 Å². The van der Waals surface area contributed by atoms with Crippen LogP contribution >= 0.6 is 0 Å². The Hall–Kier alpha value is -0.300. The molecule has 0 heterocycles. The van der Waals surface area contributed by atoms with Crippen LogP contribution in [-0.2, 0) is 0 Å². The van der Waals surface area contributed by atoms with Gasteiger partial charge in [-0.3, -0.25) is 0 Å². The SMILES string of the molecule is CC/C=C(/C)CC.CN. The first-order valence-corrected chi connectivity index (χ1v) is 3.54. The summed E-state index contributed by atoms with van der Waals surface area (Å²) in [5.41, 5.74) is 6.00. The van der Waals surface area contributed by atoms with E-state index in [0.29, 0.717) is 0 Å². The second kappa shape index (κ2) is 10.6. The molecule has 0 atom stereocenters. The van der Waals surface area contributed by atoms with Gasteiger partial charge in [-0.25, -0.2) is 0 Å². The number of allylic oxidation sites excluding steroid dienone is 2. The van der Waals surface area contributed by atoms with Crippen LogP contribution in [0.4, 0.5) is 0 Å². The smallest absolute Gasteiger partial charge is 0.0195 e. The van der Waals surface area contributed by atoms with Crippen molar-refractivity contribution in [3.8, 4) is 0 Å². The van der Waals surface area contributed by atoms with Crippen LogP contribution in [0, 0.1) is 0 Å². The van der Waals surface area contributed by atoms with E-state index in [0.717, 1.165) is 0 Å². The highest BCUT2D eigenvalue weighted by Gasteiger charge is 1.76. The molecule has 2 N–H and O–H groups in total. The van der Waals surface area contributed by atoms with Crippen molar-refractivity contribution >= 4 is 0 Å². The third kappa shape index (κ3) is 11.3. The minimum atomic E-state index is 1.18. The molecule has 0 saturated carbocycles. The Morgan fingerprint density at radius 1 is 1.33 bits per heavy atom. The molecule has 0 aromatic heterocycles. The van der Waals surface area contributed by atoms with Crippen LogP contribution in [0.2, 0.25) is 0 Å². The highest BCUT2D eigenvalue weighted by Crippen LogP contribution is 1.97. The molecule has 0 bridgehead atoms. The van der Waals surface area contributed by atoms with Crippen LogP contribution in [0.3, 0.4) is 0 Å². The minimum absolute atomic E-state index is 1.18. The van der Waals surface area contributed by atoms with Crippen molar-refractivity contribution in [3.05, 3.63) is 11.6 Å². The van der Waals surface area contributed by atoms with E-state index in [1.807, 2.05) is 0 Å². The van der Waals surface area contributed by atoms with Crippen LogP contribution in [0.1, 0.15) is 33.6 Å². The Morgan fingerprint density at radius 2 is 1.78 bits per heavy atom. The highest BCUT2D eigenvalue weighted by atomic mass is 14.4. The van der Waals surface area contributed by atoms with Crippen LogP contribution < -0.4 is 5.73 Å². The Labute approximate surface area is 58.9 Å². The zero-order valence-corrected chi connectivity index (χ0v) is 7.07. The van der Waals surface area contributed by atoms with Crippen molar-refractivity contribution in [2.45, 2.75) is 33.6 Å². The summed E-state index contributed by atoms with van der Waals surface area (Å²) in [5.74, 6) is 0. The summed E-state index contributed by atoms with van der Waals surface area (Å²) in [7, 11) is 1.50. The van der Waals surface area contributed by atoms with E-state index in [1.54, 1.807) is 0 Å². The standard InChI is InChI=1S/C7H14.CH5N/c1-4-6-7(3)5-2;1-2/h6H,4-5H2,1-3H3;2H2,1H3/b7-6-;. The summed E-state index contributed by atoms with van der Waals surface area (Å²) in [6.45, 7) is 6.52. The van der Waals surface area contributed by atoms with E-state index < -0.39 is 0 Å². The Balaban J connectivity index is 0. The van der Waals surface area contributed by atoms with E-state index >= 15 is 0 Å². The average molecular weight is 129 g/mol. The van der Waals surface area contributed by atoms with E-state index in [2.05, 4.69) is 32.6 Å². The second-order valence-electron chi connectivity index (χ2n) is 1.81. The van der Waals surface area contributed by atoms with Gasteiger partial charge >= 0.3 is 0 Å². The molecule has 0 spiro atoms. The van der Waals surface area contributed by atoms with Gasteiger partial charge in [-0.2, -0.15) is 0 Å². The zero-order valence-electron chi connectivity index (χ0n) is 7.07. The fourth-order valence-corrected chi connectivity index (χ4v) is 0.493. The van der Waals surface area contributed by atoms with Gasteiger partial charge in [0.15, 0.2) is 0 Å². The van der Waals surface area contributed by atoms with Crippen LogP contribution in [0.25, 0.3) is 0 Å². The summed E-state index contributed by atoms with van der Waals surface area (Å²) in [5, 5.41) is 0. The molecule has 1 heteroatoms. The lowest BCUT2D eigenvalue weighted by Gasteiger charge is -1.88. The molecule has 0 saturated heterocycles. The Morgan fingerprint density at radius 3 is 1.89 bits per heavy atom. The monoisotopic (exact) mass is 129 g/mol. The third-order valence-electron chi connectivity index (χ3n) is 1.11. The van der Waals surface area contributed by atoms with E-state index in [-0.39, 0.29) is 0 Å². The normalized spacial score (nSPS) is 10.1. The van der Waals surface area contributed by atoms with Gasteiger partial charge in [0.1, 0.15) is 0 Å². The van der Waals surface area contributed by atoms with Crippen molar-refractivity contribution in [1.82, 2.24) is 0 Å². The maximum absolute atomic E-state index is 4.50. The summed E-state index contributed by atoms with van der Waals surface area (Å²) in [6, 6.07) is 0. The number of rotatable bonds is 2. The zero-order chi connectivity index (χ0) is 7.70. The lowest BCUT2D eigenvalue weighted by molar-refractivity contribution is 1.06. The van der Waals surface area contributed by atoms with Gasteiger partial charge in [-0.05, 0) is 26.8 Å². The lowest BCUT2D eigenvalue weighted by Crippen LogP contribution is -1.69. The molecule has 0 radical (unpaired) electrons. The van der Waals surface area contributed by atoms with Crippen LogP contribution in [0.15, 0.2) is 11.6 Å². The molecule has 0 aliphatic heterocycles. The molecule has 0 unspecified atom stereocenters. The van der Waals surface area contributed by atoms with Gasteiger partial charge in [0.05, 0.1) is 0 Å². The average Bonchev–Trinajstić information content (AvgIpc) is 1.93. The summed E-state index contributed by atoms with van der Waals surface area (Å²) in [6.07, 6.45) is 4.65. The number of nitrogens with two attached hydrogens (primary N) is 1. The van der Waals surface area contributed by atoms with Crippen molar-refractivity contribution in [2.24, 2.45) is 5.73 Å². The van der Waals surface area contributed by atoms with Crippen LogP contribution in [-0.4, -0.2) is 7.05 Å². The third-order valence-corrected chi connectivity index (χ3v) is 1.11. The predicted molar refractivity (Wildman–Crippen MR) is 44.5 cm³/mol. The van der Waals surface area contributed by atoms with E-state index in [1.165, 1.54) is 25.5 Å². The highest BCUT2D eigenvalue weighted by molar-refractivity contribution is 4.95. The number of hydrogen-bond acceptors (Lipinski definition) is 1. The largest absolute Gasteiger partial charge is 0.333 e. The molecule has 0 amide bonds. The molecule has 0 aromatic rings. The van der Waals surface area contributed by atoms with Gasteiger partial charge in [0, 0.05) is 0 Å². The van der Waals surface area contributed by atoms with Crippen molar-refractivity contribution in [2.75, 3.05) is 7.05 Å². The summed E-state index contributed by atoms with van der Waals surface area (Å²) >= 11 is 0. The Kier molecular flexibility index (Phi) is 13.6.